The Morgan fingerprint density at radius 1 is 1.04 bits per heavy atom. The summed E-state index contributed by atoms with van der Waals surface area (Å²) >= 11 is 0. The number of piperidine rings is 1. The molecule has 2 aliphatic heterocycles. The molecule has 3 fully saturated rings. The van der Waals surface area contributed by atoms with E-state index in [1.54, 1.807) is 4.90 Å². The summed E-state index contributed by atoms with van der Waals surface area (Å²) in [5.74, 6) is 0.0719. The Balaban J connectivity index is 1.56. The van der Waals surface area contributed by atoms with Crippen molar-refractivity contribution >= 4 is 15.9 Å². The van der Waals surface area contributed by atoms with Crippen molar-refractivity contribution in [3.63, 3.8) is 0 Å². The summed E-state index contributed by atoms with van der Waals surface area (Å²) in [4.78, 5) is 14.7. The van der Waals surface area contributed by atoms with E-state index >= 15 is 0 Å². The van der Waals surface area contributed by atoms with Gasteiger partial charge in [0.05, 0.1) is 23.7 Å². The van der Waals surface area contributed by atoms with Crippen LogP contribution in [0.15, 0.2) is 23.1 Å². The maximum Gasteiger partial charge on any atom is 0.256 e. The van der Waals surface area contributed by atoms with Crippen molar-refractivity contribution < 1.29 is 22.3 Å². The summed E-state index contributed by atoms with van der Waals surface area (Å²) in [5.41, 5.74) is -0.149. The average molecular weight is 411 g/mol. The molecule has 0 bridgehead atoms. The first kappa shape index (κ1) is 19.8. The number of morpholine rings is 1. The van der Waals surface area contributed by atoms with Gasteiger partial charge in [-0.2, -0.15) is 4.31 Å². The number of sulfonamides is 1. The molecule has 2 saturated heterocycles. The van der Waals surface area contributed by atoms with Crippen LogP contribution >= 0.6 is 0 Å². The second-order valence-corrected chi connectivity index (χ2v) is 9.94. The molecular formula is C20H27FN2O4S. The fraction of sp³-hybridized carbons (Fsp3) is 0.650. The van der Waals surface area contributed by atoms with Crippen LogP contribution in [0.25, 0.3) is 0 Å². The van der Waals surface area contributed by atoms with Crippen molar-refractivity contribution in [2.24, 2.45) is 11.8 Å². The number of carbonyl (C=O) groups excluding carboxylic acids is 1. The third kappa shape index (κ3) is 3.82. The van der Waals surface area contributed by atoms with Crippen LogP contribution in [0.4, 0.5) is 4.39 Å². The number of benzene rings is 1. The van der Waals surface area contributed by atoms with E-state index in [9.17, 15) is 17.6 Å². The number of hydrogen-bond acceptors (Lipinski definition) is 4. The average Bonchev–Trinajstić information content (AvgIpc) is 2.73. The summed E-state index contributed by atoms with van der Waals surface area (Å²) < 4.78 is 46.7. The van der Waals surface area contributed by atoms with E-state index in [1.165, 1.54) is 35.7 Å². The van der Waals surface area contributed by atoms with Crippen LogP contribution in [0.1, 0.15) is 42.5 Å². The summed E-state index contributed by atoms with van der Waals surface area (Å²) in [6.07, 6.45) is 5.72. The minimum atomic E-state index is -3.77. The lowest BCUT2D eigenvalue weighted by Crippen LogP contribution is -2.45. The zero-order valence-electron chi connectivity index (χ0n) is 16.0. The first-order valence-electron chi connectivity index (χ1n) is 10.1. The van der Waals surface area contributed by atoms with Crippen LogP contribution in [-0.2, 0) is 14.8 Å². The number of hydrogen-bond donors (Lipinski definition) is 0. The largest absolute Gasteiger partial charge is 0.379 e. The van der Waals surface area contributed by atoms with Crippen molar-refractivity contribution in [3.8, 4) is 0 Å². The van der Waals surface area contributed by atoms with Crippen molar-refractivity contribution in [1.82, 2.24) is 9.21 Å². The Hall–Kier alpha value is -1.51. The zero-order chi connectivity index (χ0) is 19.7. The van der Waals surface area contributed by atoms with Crippen LogP contribution in [0.5, 0.6) is 0 Å². The number of rotatable bonds is 3. The molecule has 0 N–H and O–H groups in total. The SMILES string of the molecule is O=C(c1cc(S(=O)(=O)N2CCOCC2)ccc1F)N1CC[C@@H]2CCCC[C@H]2C1. The second-order valence-electron chi connectivity index (χ2n) is 8.00. The molecule has 2 atom stereocenters. The Morgan fingerprint density at radius 2 is 1.75 bits per heavy atom. The summed E-state index contributed by atoms with van der Waals surface area (Å²) in [7, 11) is -3.77. The summed E-state index contributed by atoms with van der Waals surface area (Å²) in [5, 5.41) is 0. The smallest absolute Gasteiger partial charge is 0.256 e. The van der Waals surface area contributed by atoms with Crippen LogP contribution < -0.4 is 0 Å². The van der Waals surface area contributed by atoms with E-state index < -0.39 is 21.7 Å². The highest BCUT2D eigenvalue weighted by atomic mass is 32.2. The molecule has 8 heteroatoms. The Labute approximate surface area is 165 Å². The lowest BCUT2D eigenvalue weighted by atomic mass is 9.75. The lowest BCUT2D eigenvalue weighted by Gasteiger charge is -2.41. The van der Waals surface area contributed by atoms with Gasteiger partial charge in [0.15, 0.2) is 0 Å². The van der Waals surface area contributed by atoms with Gasteiger partial charge >= 0.3 is 0 Å². The number of fused-ring (bicyclic) bond motifs is 1. The highest BCUT2D eigenvalue weighted by Crippen LogP contribution is 2.36. The molecular weight excluding hydrogens is 383 g/mol. The third-order valence-corrected chi connectivity index (χ3v) is 8.25. The monoisotopic (exact) mass is 410 g/mol. The topological polar surface area (TPSA) is 66.9 Å². The van der Waals surface area contributed by atoms with Gasteiger partial charge in [-0.25, -0.2) is 12.8 Å². The van der Waals surface area contributed by atoms with Crippen LogP contribution in [0, 0.1) is 17.7 Å². The normalized spacial score (nSPS) is 26.7. The van der Waals surface area contributed by atoms with Gasteiger partial charge in [-0.05, 0) is 42.9 Å². The Morgan fingerprint density at radius 3 is 2.50 bits per heavy atom. The number of nitrogens with zero attached hydrogens (tertiary/aromatic N) is 2. The van der Waals surface area contributed by atoms with Gasteiger partial charge in [0, 0.05) is 26.2 Å². The maximum atomic E-state index is 14.5. The Bertz CT molecular complexity index is 839. The standard InChI is InChI=1S/C20H27FN2O4S/c21-19-6-5-17(28(25,26)23-9-11-27-12-10-23)13-18(19)20(24)22-8-7-15-3-1-2-4-16(15)14-22/h5-6,13,15-16H,1-4,7-12,14H2/t15-,16-/m0/s1. The first-order valence-corrected chi connectivity index (χ1v) is 11.6. The fourth-order valence-electron chi connectivity index (χ4n) is 4.72. The molecule has 28 heavy (non-hydrogen) atoms. The molecule has 3 aliphatic rings. The maximum absolute atomic E-state index is 14.5. The van der Waals surface area contributed by atoms with E-state index in [-0.39, 0.29) is 23.5 Å². The van der Waals surface area contributed by atoms with Gasteiger partial charge < -0.3 is 9.64 Å². The fourth-order valence-corrected chi connectivity index (χ4v) is 6.16. The van der Waals surface area contributed by atoms with Crippen LogP contribution in [0.2, 0.25) is 0 Å². The van der Waals surface area contributed by atoms with Gasteiger partial charge in [0.1, 0.15) is 5.82 Å². The summed E-state index contributed by atoms with van der Waals surface area (Å²) in [6.45, 7) is 2.45. The predicted molar refractivity (Wildman–Crippen MR) is 102 cm³/mol. The van der Waals surface area contributed by atoms with E-state index in [1.807, 2.05) is 0 Å². The van der Waals surface area contributed by atoms with Gasteiger partial charge in [0.2, 0.25) is 10.0 Å². The van der Waals surface area contributed by atoms with Crippen molar-refractivity contribution in [2.75, 3.05) is 39.4 Å². The number of halogens is 1. The van der Waals surface area contributed by atoms with E-state index in [0.717, 1.165) is 18.9 Å². The van der Waals surface area contributed by atoms with Gasteiger partial charge in [-0.15, -0.1) is 0 Å². The molecule has 2 heterocycles. The molecule has 1 amide bonds. The minimum absolute atomic E-state index is 0.0355. The Kier molecular flexibility index (Phi) is 5.71. The molecule has 1 aromatic carbocycles. The zero-order valence-corrected chi connectivity index (χ0v) is 16.8. The molecule has 6 nitrogen and oxygen atoms in total. The molecule has 1 saturated carbocycles. The highest BCUT2D eigenvalue weighted by molar-refractivity contribution is 7.89. The molecule has 154 valence electrons. The van der Waals surface area contributed by atoms with Crippen molar-refractivity contribution in [2.45, 2.75) is 37.0 Å². The van der Waals surface area contributed by atoms with E-state index in [4.69, 9.17) is 4.74 Å². The quantitative estimate of drug-likeness (QED) is 0.768. The first-order chi connectivity index (χ1) is 13.5. The highest BCUT2D eigenvalue weighted by Gasteiger charge is 2.34. The van der Waals surface area contributed by atoms with Crippen molar-refractivity contribution in [3.05, 3.63) is 29.6 Å². The van der Waals surface area contributed by atoms with Crippen molar-refractivity contribution in [1.29, 1.82) is 0 Å². The van der Waals surface area contributed by atoms with Crippen LogP contribution in [0.3, 0.4) is 0 Å². The lowest BCUT2D eigenvalue weighted by molar-refractivity contribution is 0.0516. The number of likely N-dealkylation sites (tertiary alicyclic amines) is 1. The molecule has 1 aromatic rings. The molecule has 0 spiro atoms. The third-order valence-electron chi connectivity index (χ3n) is 6.35. The van der Waals surface area contributed by atoms with Gasteiger partial charge in [-0.1, -0.05) is 19.3 Å². The predicted octanol–water partition coefficient (Wildman–Crippen LogP) is 2.50. The molecule has 0 aromatic heterocycles. The molecule has 0 radical (unpaired) electrons. The molecule has 1 aliphatic carbocycles. The van der Waals surface area contributed by atoms with Gasteiger partial charge in [-0.3, -0.25) is 4.79 Å². The molecule has 4 rings (SSSR count). The van der Waals surface area contributed by atoms with E-state index in [0.29, 0.717) is 38.1 Å². The van der Waals surface area contributed by atoms with Gasteiger partial charge in [0.25, 0.3) is 5.91 Å². The molecule has 0 unspecified atom stereocenters. The minimum Gasteiger partial charge on any atom is -0.379 e. The number of amides is 1. The van der Waals surface area contributed by atoms with Crippen LogP contribution in [-0.4, -0.2) is 62.9 Å². The summed E-state index contributed by atoms with van der Waals surface area (Å²) in [6, 6.07) is 3.54. The number of carbonyl (C=O) groups is 1. The second kappa shape index (κ2) is 8.08. The number of ether oxygens (including phenoxy) is 1. The van der Waals surface area contributed by atoms with E-state index in [2.05, 4.69) is 0 Å².